The van der Waals surface area contributed by atoms with E-state index >= 15 is 0 Å². The van der Waals surface area contributed by atoms with Gasteiger partial charge in [0, 0.05) is 75.1 Å². The average Bonchev–Trinajstić information content (AvgIpc) is 2.79. The van der Waals surface area contributed by atoms with E-state index in [1.165, 1.54) is 18.3 Å². The lowest BCUT2D eigenvalue weighted by atomic mass is 10.1. The quantitative estimate of drug-likeness (QED) is 0.511. The molecule has 0 aromatic heterocycles. The van der Waals surface area contributed by atoms with Crippen molar-refractivity contribution in [2.24, 2.45) is 26.4 Å². The molecular weight excluding hydrogens is 424 g/mol. The SMILES string of the molecule is C=C1C=C(N)N=CC1=NC(/C(C=NC)=C/N)=C(\C)N1CCN(Cc2ccc(F)cc2F)CC1. The van der Waals surface area contributed by atoms with Crippen molar-refractivity contribution >= 4 is 18.1 Å². The van der Waals surface area contributed by atoms with Gasteiger partial charge in [-0.1, -0.05) is 12.6 Å². The van der Waals surface area contributed by atoms with Crippen molar-refractivity contribution in [3.63, 3.8) is 0 Å². The number of nitrogens with zero attached hydrogens (tertiary/aromatic N) is 5. The zero-order valence-corrected chi connectivity index (χ0v) is 18.9. The number of nitrogens with two attached hydrogens (primary N) is 2. The summed E-state index contributed by atoms with van der Waals surface area (Å²) in [5.74, 6) is -0.717. The molecule has 0 unspecified atom stereocenters. The largest absolute Gasteiger partial charge is 0.404 e. The third-order valence-corrected chi connectivity index (χ3v) is 5.54. The van der Waals surface area contributed by atoms with Crippen LogP contribution in [0.1, 0.15) is 12.5 Å². The predicted octanol–water partition coefficient (Wildman–Crippen LogP) is 2.74. The molecule has 2 aliphatic heterocycles. The number of halogens is 2. The summed E-state index contributed by atoms with van der Waals surface area (Å²) >= 11 is 0. The van der Waals surface area contributed by atoms with Crippen LogP contribution in [0.4, 0.5) is 8.78 Å². The molecule has 7 nitrogen and oxygen atoms in total. The lowest BCUT2D eigenvalue weighted by Crippen LogP contribution is -2.45. The van der Waals surface area contributed by atoms with Gasteiger partial charge in [0.2, 0.25) is 0 Å². The van der Waals surface area contributed by atoms with Gasteiger partial charge in [0.1, 0.15) is 17.5 Å². The van der Waals surface area contributed by atoms with E-state index in [2.05, 4.69) is 26.4 Å². The Morgan fingerprint density at radius 1 is 1.24 bits per heavy atom. The summed E-state index contributed by atoms with van der Waals surface area (Å²) in [6.07, 6.45) is 6.37. The first-order valence-electron chi connectivity index (χ1n) is 10.6. The van der Waals surface area contributed by atoms with Crippen molar-refractivity contribution in [3.05, 3.63) is 82.6 Å². The van der Waals surface area contributed by atoms with Crippen molar-refractivity contribution in [2.45, 2.75) is 13.5 Å². The Morgan fingerprint density at radius 2 is 1.97 bits per heavy atom. The smallest absolute Gasteiger partial charge is 0.130 e. The molecule has 0 amide bonds. The third-order valence-electron chi connectivity index (χ3n) is 5.54. The number of benzene rings is 1. The monoisotopic (exact) mass is 453 g/mol. The fourth-order valence-electron chi connectivity index (χ4n) is 3.69. The number of hydrogen-bond donors (Lipinski definition) is 2. The summed E-state index contributed by atoms with van der Waals surface area (Å²) in [5, 5.41) is 0. The molecule has 174 valence electrons. The molecule has 0 atom stereocenters. The number of piperazine rings is 1. The normalized spacial score (nSPS) is 19.9. The van der Waals surface area contributed by atoms with E-state index in [0.29, 0.717) is 53.6 Å². The Kier molecular flexibility index (Phi) is 7.89. The van der Waals surface area contributed by atoms with E-state index in [1.54, 1.807) is 25.6 Å². The van der Waals surface area contributed by atoms with Gasteiger partial charge in [-0.25, -0.2) is 18.8 Å². The topological polar surface area (TPSA) is 95.6 Å². The van der Waals surface area contributed by atoms with Crippen molar-refractivity contribution < 1.29 is 8.78 Å². The number of allylic oxidation sites excluding steroid dienone is 4. The van der Waals surface area contributed by atoms with Crippen LogP contribution in [0.3, 0.4) is 0 Å². The fourth-order valence-corrected chi connectivity index (χ4v) is 3.69. The van der Waals surface area contributed by atoms with E-state index in [9.17, 15) is 8.78 Å². The minimum absolute atomic E-state index is 0.375. The molecule has 0 spiro atoms. The molecule has 1 aromatic carbocycles. The molecular formula is C24H29F2N7. The van der Waals surface area contributed by atoms with E-state index < -0.39 is 11.6 Å². The second-order valence-corrected chi connectivity index (χ2v) is 7.79. The summed E-state index contributed by atoms with van der Waals surface area (Å²) < 4.78 is 27.2. The van der Waals surface area contributed by atoms with Gasteiger partial charge in [-0.15, -0.1) is 0 Å². The molecule has 0 aliphatic carbocycles. The summed E-state index contributed by atoms with van der Waals surface area (Å²) in [7, 11) is 1.67. The van der Waals surface area contributed by atoms with E-state index in [-0.39, 0.29) is 0 Å². The molecule has 0 radical (unpaired) electrons. The molecule has 2 heterocycles. The predicted molar refractivity (Wildman–Crippen MR) is 130 cm³/mol. The van der Waals surface area contributed by atoms with Crippen LogP contribution < -0.4 is 11.5 Å². The Bertz CT molecular complexity index is 1090. The summed E-state index contributed by atoms with van der Waals surface area (Å²) in [5.41, 5.74) is 15.6. The minimum atomic E-state index is -0.570. The van der Waals surface area contributed by atoms with Gasteiger partial charge in [-0.2, -0.15) is 0 Å². The highest BCUT2D eigenvalue weighted by Crippen LogP contribution is 2.22. The Morgan fingerprint density at radius 3 is 2.58 bits per heavy atom. The minimum Gasteiger partial charge on any atom is -0.404 e. The van der Waals surface area contributed by atoms with Gasteiger partial charge in [0.25, 0.3) is 0 Å². The standard InChI is InChI=1S/C24H29F2N7/c1-16-10-23(28)30-14-22(16)31-24(19(12-27)13-29-3)17(2)33-8-6-32(7-9-33)15-18-4-5-20(25)11-21(18)26/h4-5,10-14H,1,6-9,15,27-28H2,2-3H3/b19-12+,24-17+,29-13?,31-22?. The van der Waals surface area contributed by atoms with Gasteiger partial charge in [-0.3, -0.25) is 9.89 Å². The average molecular weight is 454 g/mol. The first kappa shape index (κ1) is 24.1. The van der Waals surface area contributed by atoms with E-state index in [0.717, 1.165) is 24.9 Å². The molecule has 0 saturated carbocycles. The molecule has 9 heteroatoms. The van der Waals surface area contributed by atoms with Crippen LogP contribution in [0.15, 0.2) is 80.4 Å². The maximum atomic E-state index is 14.0. The molecule has 2 aliphatic rings. The lowest BCUT2D eigenvalue weighted by molar-refractivity contribution is 0.151. The molecule has 1 aromatic rings. The van der Waals surface area contributed by atoms with Crippen molar-refractivity contribution in [1.29, 1.82) is 0 Å². The zero-order valence-electron chi connectivity index (χ0n) is 18.9. The van der Waals surface area contributed by atoms with Crippen LogP contribution in [-0.4, -0.2) is 61.2 Å². The summed E-state index contributed by atoms with van der Waals surface area (Å²) in [6.45, 7) is 9.28. The summed E-state index contributed by atoms with van der Waals surface area (Å²) in [4.78, 5) is 17.4. The molecule has 4 N–H and O–H groups in total. The van der Waals surface area contributed by atoms with Crippen LogP contribution in [0.5, 0.6) is 0 Å². The Balaban J connectivity index is 1.81. The second-order valence-electron chi connectivity index (χ2n) is 7.79. The fraction of sp³-hybridized carbons (Fsp3) is 0.292. The molecule has 3 rings (SSSR count). The Labute approximate surface area is 192 Å². The van der Waals surface area contributed by atoms with Crippen LogP contribution in [0, 0.1) is 11.6 Å². The summed E-state index contributed by atoms with van der Waals surface area (Å²) in [6, 6.07) is 3.71. The van der Waals surface area contributed by atoms with Gasteiger partial charge in [-0.05, 0) is 24.6 Å². The lowest BCUT2D eigenvalue weighted by Gasteiger charge is -2.37. The highest BCUT2D eigenvalue weighted by molar-refractivity contribution is 6.40. The molecule has 0 bridgehead atoms. The van der Waals surface area contributed by atoms with Crippen molar-refractivity contribution in [1.82, 2.24) is 9.80 Å². The third kappa shape index (κ3) is 6.01. The van der Waals surface area contributed by atoms with E-state index in [4.69, 9.17) is 16.5 Å². The highest BCUT2D eigenvalue weighted by Gasteiger charge is 2.21. The van der Waals surface area contributed by atoms with Crippen LogP contribution in [0.2, 0.25) is 0 Å². The number of hydrogen-bond acceptors (Lipinski definition) is 7. The van der Waals surface area contributed by atoms with Gasteiger partial charge in [0.05, 0.1) is 17.6 Å². The number of aliphatic imine (C=N–C) groups is 3. The highest BCUT2D eigenvalue weighted by atomic mass is 19.1. The Hall–Kier alpha value is -3.59. The van der Waals surface area contributed by atoms with Gasteiger partial charge < -0.3 is 16.4 Å². The zero-order chi connectivity index (χ0) is 24.0. The second kappa shape index (κ2) is 10.8. The first-order chi connectivity index (χ1) is 15.8. The maximum absolute atomic E-state index is 14.0. The van der Waals surface area contributed by atoms with E-state index in [1.807, 2.05) is 6.92 Å². The van der Waals surface area contributed by atoms with Crippen LogP contribution >= 0.6 is 0 Å². The maximum Gasteiger partial charge on any atom is 0.130 e. The molecule has 1 saturated heterocycles. The van der Waals surface area contributed by atoms with Gasteiger partial charge in [0.15, 0.2) is 0 Å². The molecule has 1 fully saturated rings. The van der Waals surface area contributed by atoms with Crippen LogP contribution in [0.25, 0.3) is 0 Å². The van der Waals surface area contributed by atoms with Crippen molar-refractivity contribution in [2.75, 3.05) is 33.2 Å². The van der Waals surface area contributed by atoms with Crippen molar-refractivity contribution in [3.8, 4) is 0 Å². The first-order valence-corrected chi connectivity index (χ1v) is 10.6. The van der Waals surface area contributed by atoms with Gasteiger partial charge >= 0.3 is 0 Å². The van der Waals surface area contributed by atoms with Crippen LogP contribution in [-0.2, 0) is 6.54 Å². The molecule has 33 heavy (non-hydrogen) atoms. The number of rotatable bonds is 6.